The molecule has 1 aliphatic rings. The summed E-state index contributed by atoms with van der Waals surface area (Å²) in [6.45, 7) is 14.6. The molecule has 0 aromatic carbocycles. The quantitative estimate of drug-likeness (QED) is 0.908. The average molecular weight is 295 g/mol. The van der Waals surface area contributed by atoms with Crippen molar-refractivity contribution in [2.45, 2.75) is 66.0 Å². The van der Waals surface area contributed by atoms with E-state index in [0.29, 0.717) is 5.41 Å². The van der Waals surface area contributed by atoms with Crippen LogP contribution in [0.2, 0.25) is 0 Å². The zero-order chi connectivity index (χ0) is 14.8. The fourth-order valence-corrected chi connectivity index (χ4v) is 3.37. The number of thiazole rings is 1. The number of piperidine rings is 1. The van der Waals surface area contributed by atoms with Crippen LogP contribution in [0.5, 0.6) is 0 Å². The van der Waals surface area contributed by atoms with Gasteiger partial charge in [0.15, 0.2) is 5.13 Å². The molecule has 0 radical (unpaired) electrons. The fourth-order valence-electron chi connectivity index (χ4n) is 2.47. The summed E-state index contributed by atoms with van der Waals surface area (Å²) >= 11 is 1.84. The van der Waals surface area contributed by atoms with Gasteiger partial charge in [0.2, 0.25) is 0 Å². The Morgan fingerprint density at radius 1 is 1.35 bits per heavy atom. The van der Waals surface area contributed by atoms with Crippen molar-refractivity contribution in [1.82, 2.24) is 10.3 Å². The lowest BCUT2D eigenvalue weighted by Gasteiger charge is -2.38. The normalized spacial score (nSPS) is 19.4. The molecule has 114 valence electrons. The number of nitrogens with one attached hydrogen (secondary N) is 1. The molecular formula is C16H29N3S. The summed E-state index contributed by atoms with van der Waals surface area (Å²) in [5.41, 5.74) is 0.711. The molecule has 1 aromatic heterocycles. The minimum Gasteiger partial charge on any atom is -0.348 e. The first-order valence-electron chi connectivity index (χ1n) is 7.76. The number of anilines is 1. The van der Waals surface area contributed by atoms with Gasteiger partial charge >= 0.3 is 0 Å². The predicted octanol–water partition coefficient (Wildman–Crippen LogP) is 4.05. The summed E-state index contributed by atoms with van der Waals surface area (Å²) in [4.78, 5) is 8.41. The van der Waals surface area contributed by atoms with Gasteiger partial charge in [-0.25, -0.2) is 4.98 Å². The molecule has 3 nitrogen and oxygen atoms in total. The largest absolute Gasteiger partial charge is 0.348 e. The summed E-state index contributed by atoms with van der Waals surface area (Å²) in [6, 6.07) is 0. The maximum Gasteiger partial charge on any atom is 0.185 e. The number of hydrogen-bond acceptors (Lipinski definition) is 4. The van der Waals surface area contributed by atoms with Crippen LogP contribution in [0.1, 0.15) is 58.8 Å². The molecule has 1 aliphatic heterocycles. The lowest BCUT2D eigenvalue weighted by atomic mass is 9.78. The SMILES string of the molecule is CCC1(C)CCN(c2ncc(CNC(C)(C)C)s2)CC1. The van der Waals surface area contributed by atoms with E-state index < -0.39 is 0 Å². The Morgan fingerprint density at radius 2 is 2.00 bits per heavy atom. The first kappa shape index (κ1) is 15.8. The van der Waals surface area contributed by atoms with E-state index in [1.54, 1.807) is 0 Å². The van der Waals surface area contributed by atoms with Crippen LogP contribution in [-0.4, -0.2) is 23.6 Å². The van der Waals surface area contributed by atoms with Gasteiger partial charge in [-0.05, 0) is 39.0 Å². The van der Waals surface area contributed by atoms with Crippen LogP contribution in [0.15, 0.2) is 6.20 Å². The predicted molar refractivity (Wildman–Crippen MR) is 88.6 cm³/mol. The molecule has 1 saturated heterocycles. The fraction of sp³-hybridized carbons (Fsp3) is 0.812. The summed E-state index contributed by atoms with van der Waals surface area (Å²) in [6.07, 6.45) is 5.91. The molecule has 0 saturated carbocycles. The molecule has 1 N–H and O–H groups in total. The molecule has 0 amide bonds. The molecule has 4 heteroatoms. The molecule has 0 bridgehead atoms. The Hall–Kier alpha value is -0.610. The first-order valence-corrected chi connectivity index (χ1v) is 8.58. The Labute approximate surface area is 127 Å². The molecule has 20 heavy (non-hydrogen) atoms. The van der Waals surface area contributed by atoms with Crippen molar-refractivity contribution >= 4 is 16.5 Å². The molecule has 1 fully saturated rings. The van der Waals surface area contributed by atoms with Crippen molar-refractivity contribution in [3.8, 4) is 0 Å². The minimum atomic E-state index is 0.165. The van der Waals surface area contributed by atoms with E-state index in [1.165, 1.54) is 29.3 Å². The third kappa shape index (κ3) is 4.19. The van der Waals surface area contributed by atoms with Crippen molar-refractivity contribution in [1.29, 1.82) is 0 Å². The topological polar surface area (TPSA) is 28.2 Å². The smallest absolute Gasteiger partial charge is 0.185 e. The second-order valence-corrected chi connectivity index (χ2v) is 8.46. The highest BCUT2D eigenvalue weighted by Crippen LogP contribution is 2.36. The van der Waals surface area contributed by atoms with E-state index in [0.717, 1.165) is 19.6 Å². The van der Waals surface area contributed by atoms with Crippen LogP contribution in [0, 0.1) is 5.41 Å². The molecule has 0 atom stereocenters. The van der Waals surface area contributed by atoms with E-state index in [1.807, 2.05) is 17.5 Å². The molecule has 1 aromatic rings. The van der Waals surface area contributed by atoms with Crippen molar-refractivity contribution in [3.63, 3.8) is 0 Å². The highest BCUT2D eigenvalue weighted by atomic mass is 32.1. The van der Waals surface area contributed by atoms with Gasteiger partial charge in [0.25, 0.3) is 0 Å². The zero-order valence-electron chi connectivity index (χ0n) is 13.6. The van der Waals surface area contributed by atoms with Gasteiger partial charge in [-0.3, -0.25) is 0 Å². The minimum absolute atomic E-state index is 0.165. The van der Waals surface area contributed by atoms with Gasteiger partial charge in [0.1, 0.15) is 0 Å². The number of hydrogen-bond donors (Lipinski definition) is 1. The Balaban J connectivity index is 1.90. The van der Waals surface area contributed by atoms with E-state index in [9.17, 15) is 0 Å². The van der Waals surface area contributed by atoms with Crippen molar-refractivity contribution in [2.24, 2.45) is 5.41 Å². The van der Waals surface area contributed by atoms with Crippen LogP contribution >= 0.6 is 11.3 Å². The first-order chi connectivity index (χ1) is 9.31. The van der Waals surface area contributed by atoms with Crippen LogP contribution in [0.4, 0.5) is 5.13 Å². The van der Waals surface area contributed by atoms with Gasteiger partial charge in [0.05, 0.1) is 0 Å². The van der Waals surface area contributed by atoms with Gasteiger partial charge in [-0.2, -0.15) is 0 Å². The standard InChI is InChI=1S/C16H29N3S/c1-6-16(5)7-9-19(10-8-16)14-17-11-13(20-14)12-18-15(2,3)4/h11,18H,6-10,12H2,1-5H3. The van der Waals surface area contributed by atoms with Crippen LogP contribution < -0.4 is 10.2 Å². The van der Waals surface area contributed by atoms with Crippen LogP contribution in [-0.2, 0) is 6.54 Å². The Bertz CT molecular complexity index is 425. The molecule has 2 rings (SSSR count). The number of aromatic nitrogens is 1. The second-order valence-electron chi connectivity index (χ2n) is 7.36. The molecule has 0 spiro atoms. The molecular weight excluding hydrogens is 266 g/mol. The zero-order valence-corrected chi connectivity index (χ0v) is 14.4. The second kappa shape index (κ2) is 6.02. The van der Waals surface area contributed by atoms with Crippen LogP contribution in [0.3, 0.4) is 0 Å². The van der Waals surface area contributed by atoms with Gasteiger partial charge in [-0.1, -0.05) is 20.3 Å². The number of nitrogens with zero attached hydrogens (tertiary/aromatic N) is 2. The highest BCUT2D eigenvalue weighted by molar-refractivity contribution is 7.15. The van der Waals surface area contributed by atoms with Gasteiger partial charge < -0.3 is 10.2 Å². The number of rotatable bonds is 4. The summed E-state index contributed by atoms with van der Waals surface area (Å²) < 4.78 is 0. The lowest BCUT2D eigenvalue weighted by molar-refractivity contribution is 0.238. The van der Waals surface area contributed by atoms with Crippen LogP contribution in [0.25, 0.3) is 0 Å². The maximum absolute atomic E-state index is 4.62. The monoisotopic (exact) mass is 295 g/mol. The molecule has 0 unspecified atom stereocenters. The maximum atomic E-state index is 4.62. The molecule has 2 heterocycles. The van der Waals surface area contributed by atoms with E-state index in [4.69, 9.17) is 0 Å². The third-order valence-corrected chi connectivity index (χ3v) is 5.49. The Kier molecular flexibility index (Phi) is 4.75. The van der Waals surface area contributed by atoms with Crippen molar-refractivity contribution in [2.75, 3.05) is 18.0 Å². The average Bonchev–Trinajstić information content (AvgIpc) is 2.85. The van der Waals surface area contributed by atoms with E-state index in [-0.39, 0.29) is 5.54 Å². The van der Waals surface area contributed by atoms with Gasteiger partial charge in [0, 0.05) is 36.2 Å². The summed E-state index contributed by atoms with van der Waals surface area (Å²) in [7, 11) is 0. The van der Waals surface area contributed by atoms with Crippen molar-refractivity contribution in [3.05, 3.63) is 11.1 Å². The van der Waals surface area contributed by atoms with E-state index >= 15 is 0 Å². The molecule has 0 aliphatic carbocycles. The Morgan fingerprint density at radius 3 is 2.55 bits per heavy atom. The lowest BCUT2D eigenvalue weighted by Crippen LogP contribution is -2.38. The van der Waals surface area contributed by atoms with Crippen molar-refractivity contribution < 1.29 is 0 Å². The third-order valence-electron chi connectivity index (χ3n) is 4.43. The summed E-state index contributed by atoms with van der Waals surface area (Å²) in [5.74, 6) is 0. The summed E-state index contributed by atoms with van der Waals surface area (Å²) in [5, 5.41) is 4.73. The van der Waals surface area contributed by atoms with E-state index in [2.05, 4.69) is 49.8 Å². The van der Waals surface area contributed by atoms with Gasteiger partial charge in [-0.15, -0.1) is 11.3 Å². The highest BCUT2D eigenvalue weighted by Gasteiger charge is 2.29.